The summed E-state index contributed by atoms with van der Waals surface area (Å²) in [4.78, 5) is 28.4. The first-order valence-corrected chi connectivity index (χ1v) is 9.48. The molecular weight excluding hydrogens is 391 g/mol. The number of benzene rings is 1. The highest BCUT2D eigenvalue weighted by Crippen LogP contribution is 2.16. The number of amides is 3. The second kappa shape index (κ2) is 10.5. The van der Waals surface area contributed by atoms with Gasteiger partial charge in [0.2, 0.25) is 5.91 Å². The quantitative estimate of drug-likeness (QED) is 0.516. The molecular formula is C21H23FN4O4. The number of hydrogen-bond donors (Lipinski definition) is 4. The molecule has 3 amide bonds. The van der Waals surface area contributed by atoms with Crippen LogP contribution in [0.15, 0.2) is 60.8 Å². The summed E-state index contributed by atoms with van der Waals surface area (Å²) in [5.41, 5.74) is 1.17. The topological polar surface area (TPSA) is 113 Å². The van der Waals surface area contributed by atoms with Gasteiger partial charge in [-0.3, -0.25) is 9.78 Å². The van der Waals surface area contributed by atoms with E-state index in [0.717, 1.165) is 5.69 Å². The third-order valence-corrected chi connectivity index (χ3v) is 4.44. The highest BCUT2D eigenvalue weighted by molar-refractivity contribution is 5.89. The van der Waals surface area contributed by atoms with Gasteiger partial charge in [-0.1, -0.05) is 18.2 Å². The maximum atomic E-state index is 12.9. The summed E-state index contributed by atoms with van der Waals surface area (Å²) < 4.78 is 18.7. The van der Waals surface area contributed by atoms with E-state index in [4.69, 9.17) is 4.74 Å². The van der Waals surface area contributed by atoms with Crippen molar-refractivity contribution in [2.24, 2.45) is 0 Å². The van der Waals surface area contributed by atoms with Gasteiger partial charge in [0, 0.05) is 11.9 Å². The predicted octanol–water partition coefficient (Wildman–Crippen LogP) is 1.73. The number of carbonyl (C=O) groups is 2. The lowest BCUT2D eigenvalue weighted by Crippen LogP contribution is -2.50. The molecule has 8 nitrogen and oxygen atoms in total. The Balaban J connectivity index is 1.48. The van der Waals surface area contributed by atoms with Gasteiger partial charge in [0.05, 0.1) is 37.4 Å². The lowest BCUT2D eigenvalue weighted by atomic mass is 10.0. The predicted molar refractivity (Wildman–Crippen MR) is 108 cm³/mol. The number of carbonyl (C=O) groups excluding carboxylic acids is 2. The van der Waals surface area contributed by atoms with Crippen molar-refractivity contribution >= 4 is 17.6 Å². The van der Waals surface area contributed by atoms with Gasteiger partial charge in [0.25, 0.3) is 0 Å². The van der Waals surface area contributed by atoms with E-state index in [1.54, 1.807) is 24.4 Å². The molecule has 158 valence electrons. The number of aliphatic hydroxyl groups is 1. The number of nitrogens with zero attached hydrogens (tertiary/aromatic N) is 1. The van der Waals surface area contributed by atoms with E-state index < -0.39 is 30.1 Å². The van der Waals surface area contributed by atoms with Crippen molar-refractivity contribution in [3.63, 3.8) is 0 Å². The van der Waals surface area contributed by atoms with Gasteiger partial charge in [-0.05, 0) is 36.4 Å². The third kappa shape index (κ3) is 6.36. The van der Waals surface area contributed by atoms with Crippen LogP contribution in [0.2, 0.25) is 0 Å². The molecule has 30 heavy (non-hydrogen) atoms. The van der Waals surface area contributed by atoms with Crippen LogP contribution in [0.3, 0.4) is 0 Å². The van der Waals surface area contributed by atoms with Crippen LogP contribution in [0.4, 0.5) is 14.9 Å². The largest absolute Gasteiger partial charge is 0.394 e. The van der Waals surface area contributed by atoms with E-state index in [9.17, 15) is 19.1 Å². The Labute approximate surface area is 173 Å². The maximum absolute atomic E-state index is 12.9. The van der Waals surface area contributed by atoms with Crippen molar-refractivity contribution in [1.82, 2.24) is 15.6 Å². The van der Waals surface area contributed by atoms with Crippen LogP contribution in [-0.2, 0) is 16.1 Å². The van der Waals surface area contributed by atoms with E-state index in [1.807, 2.05) is 12.1 Å². The average Bonchev–Trinajstić information content (AvgIpc) is 2.75. The maximum Gasteiger partial charge on any atom is 0.319 e. The molecule has 1 aliphatic rings. The molecule has 4 N–H and O–H groups in total. The first-order chi connectivity index (χ1) is 14.5. The fraction of sp³-hybridized carbons (Fsp3) is 0.286. The lowest BCUT2D eigenvalue weighted by Gasteiger charge is -2.31. The van der Waals surface area contributed by atoms with Crippen LogP contribution in [0.1, 0.15) is 12.1 Å². The number of aliphatic hydroxyl groups excluding tert-OH is 1. The Kier molecular flexibility index (Phi) is 7.47. The second-order valence-electron chi connectivity index (χ2n) is 6.71. The molecule has 0 saturated heterocycles. The lowest BCUT2D eigenvalue weighted by molar-refractivity contribution is -0.125. The average molecular weight is 414 g/mol. The molecule has 0 bridgehead atoms. The van der Waals surface area contributed by atoms with E-state index in [0.29, 0.717) is 12.2 Å². The van der Waals surface area contributed by atoms with Crippen LogP contribution in [0, 0.1) is 5.82 Å². The van der Waals surface area contributed by atoms with E-state index in [2.05, 4.69) is 20.9 Å². The number of nitrogens with one attached hydrogen (secondary N) is 3. The number of halogens is 1. The second-order valence-corrected chi connectivity index (χ2v) is 6.71. The van der Waals surface area contributed by atoms with Gasteiger partial charge in [-0.2, -0.15) is 0 Å². The summed E-state index contributed by atoms with van der Waals surface area (Å²) in [6.45, 7) is -0.0227. The van der Waals surface area contributed by atoms with Crippen molar-refractivity contribution in [2.75, 3.05) is 11.9 Å². The van der Waals surface area contributed by atoms with Crippen molar-refractivity contribution in [1.29, 1.82) is 0 Å². The van der Waals surface area contributed by atoms with E-state index in [1.165, 1.54) is 24.3 Å². The standard InChI is InChI=1S/C21H23FN4O4/c22-14-4-6-15(7-5-14)25-21(29)26-18-9-8-17(30-19(18)13-27)11-20(28)24-12-16-3-1-2-10-23-16/h1-10,17-19,27H,11-13H2,(H,24,28)(H2,25,26,29)/t17-,18+,19+/m0/s1. The van der Waals surface area contributed by atoms with Gasteiger partial charge in [0.15, 0.2) is 0 Å². The number of hydrogen-bond acceptors (Lipinski definition) is 5. The fourth-order valence-corrected chi connectivity index (χ4v) is 2.93. The fourth-order valence-electron chi connectivity index (χ4n) is 2.93. The molecule has 0 spiro atoms. The highest BCUT2D eigenvalue weighted by Gasteiger charge is 2.29. The van der Waals surface area contributed by atoms with Gasteiger partial charge in [-0.15, -0.1) is 0 Å². The van der Waals surface area contributed by atoms with Gasteiger partial charge in [-0.25, -0.2) is 9.18 Å². The Morgan fingerprint density at radius 1 is 1.13 bits per heavy atom. The molecule has 0 fully saturated rings. The first-order valence-electron chi connectivity index (χ1n) is 9.48. The molecule has 2 aromatic rings. The molecule has 1 aromatic heterocycles. The minimum atomic E-state index is -0.706. The molecule has 2 heterocycles. The molecule has 3 atom stereocenters. The third-order valence-electron chi connectivity index (χ3n) is 4.44. The number of pyridine rings is 1. The van der Waals surface area contributed by atoms with Gasteiger partial charge < -0.3 is 25.8 Å². The van der Waals surface area contributed by atoms with Crippen LogP contribution >= 0.6 is 0 Å². The summed E-state index contributed by atoms with van der Waals surface area (Å²) in [5.74, 6) is -0.618. The number of rotatable bonds is 7. The Morgan fingerprint density at radius 3 is 2.63 bits per heavy atom. The SMILES string of the molecule is O=C(C[C@@H]1C=C[C@@H](NC(=O)Nc2ccc(F)cc2)[C@@H](CO)O1)NCc1ccccn1. The minimum Gasteiger partial charge on any atom is -0.394 e. The van der Waals surface area contributed by atoms with E-state index in [-0.39, 0.29) is 18.9 Å². The zero-order valence-electron chi connectivity index (χ0n) is 16.1. The summed E-state index contributed by atoms with van der Waals surface area (Å²) in [6, 6.07) is 9.69. The molecule has 9 heteroatoms. The van der Waals surface area contributed by atoms with Crippen LogP contribution in [0.5, 0.6) is 0 Å². The van der Waals surface area contributed by atoms with Gasteiger partial charge in [0.1, 0.15) is 11.9 Å². The van der Waals surface area contributed by atoms with Crippen molar-refractivity contribution in [3.8, 4) is 0 Å². The van der Waals surface area contributed by atoms with Crippen LogP contribution < -0.4 is 16.0 Å². The van der Waals surface area contributed by atoms with Crippen molar-refractivity contribution < 1.29 is 23.8 Å². The summed E-state index contributed by atoms with van der Waals surface area (Å²) in [6.07, 6.45) is 3.86. The highest BCUT2D eigenvalue weighted by atomic mass is 19.1. The molecule has 3 rings (SSSR count). The van der Waals surface area contributed by atoms with Crippen molar-refractivity contribution in [3.05, 3.63) is 72.3 Å². The number of anilines is 1. The number of ether oxygens (including phenoxy) is 1. The molecule has 1 aromatic carbocycles. The number of aromatic nitrogens is 1. The summed E-state index contributed by atoms with van der Waals surface area (Å²) in [5, 5.41) is 17.6. The molecule has 0 unspecified atom stereocenters. The zero-order valence-corrected chi connectivity index (χ0v) is 16.1. The molecule has 0 saturated carbocycles. The molecule has 0 aliphatic carbocycles. The Bertz CT molecular complexity index is 876. The summed E-state index contributed by atoms with van der Waals surface area (Å²) >= 11 is 0. The monoisotopic (exact) mass is 414 g/mol. The van der Waals surface area contributed by atoms with Crippen LogP contribution in [0.25, 0.3) is 0 Å². The minimum absolute atomic E-state index is 0.0777. The first kappa shape index (κ1) is 21.4. The van der Waals surface area contributed by atoms with Crippen LogP contribution in [-0.4, -0.2) is 46.9 Å². The molecule has 1 aliphatic heterocycles. The Hall–Kier alpha value is -3.30. The summed E-state index contributed by atoms with van der Waals surface area (Å²) in [7, 11) is 0. The van der Waals surface area contributed by atoms with Gasteiger partial charge >= 0.3 is 6.03 Å². The van der Waals surface area contributed by atoms with E-state index >= 15 is 0 Å². The Morgan fingerprint density at radius 2 is 1.93 bits per heavy atom. The normalized spacial score (nSPS) is 20.4. The zero-order chi connectivity index (χ0) is 21.3. The number of urea groups is 1. The molecule has 0 radical (unpaired) electrons. The van der Waals surface area contributed by atoms with Crippen molar-refractivity contribution in [2.45, 2.75) is 31.2 Å². The smallest absolute Gasteiger partial charge is 0.319 e.